The lowest BCUT2D eigenvalue weighted by atomic mass is 10.0. The molecular weight excluding hydrogens is 331 g/mol. The third-order valence-corrected chi connectivity index (χ3v) is 4.24. The van der Waals surface area contributed by atoms with E-state index < -0.39 is 11.9 Å². The maximum atomic E-state index is 13.0. The fourth-order valence-corrected chi connectivity index (χ4v) is 2.69. The molecule has 0 aliphatic heterocycles. The lowest BCUT2D eigenvalue weighted by Gasteiger charge is -2.29. The van der Waals surface area contributed by atoms with Gasteiger partial charge in [0.25, 0.3) is 5.91 Å². The van der Waals surface area contributed by atoms with Crippen molar-refractivity contribution < 1.29 is 14.0 Å². The van der Waals surface area contributed by atoms with Gasteiger partial charge < -0.3 is 10.2 Å². The molecule has 138 valence electrons. The highest BCUT2D eigenvalue weighted by molar-refractivity contribution is 5.97. The molecule has 26 heavy (non-hydrogen) atoms. The molecule has 0 heterocycles. The Morgan fingerprint density at radius 2 is 1.65 bits per heavy atom. The predicted molar refractivity (Wildman–Crippen MR) is 100 cm³/mol. The Hall–Kier alpha value is -2.69. The number of carbonyl (C=O) groups excluding carboxylic acids is 2. The molecule has 0 aliphatic rings. The van der Waals surface area contributed by atoms with Crippen LogP contribution in [-0.4, -0.2) is 29.3 Å². The lowest BCUT2D eigenvalue weighted by molar-refractivity contribution is -0.134. The average molecular weight is 356 g/mol. The van der Waals surface area contributed by atoms with Crippen molar-refractivity contribution in [1.82, 2.24) is 10.2 Å². The highest BCUT2D eigenvalue weighted by Gasteiger charge is 2.28. The molecule has 1 N–H and O–H groups in total. The van der Waals surface area contributed by atoms with E-state index in [-0.39, 0.29) is 17.7 Å². The van der Waals surface area contributed by atoms with Gasteiger partial charge in [0.05, 0.1) is 0 Å². The number of likely N-dealkylation sites (N-methyl/N-ethyl adjacent to an activating group) is 1. The molecule has 0 bridgehead atoms. The smallest absolute Gasteiger partial charge is 0.251 e. The first-order chi connectivity index (χ1) is 12.4. The van der Waals surface area contributed by atoms with E-state index in [4.69, 9.17) is 0 Å². The number of halogens is 1. The molecule has 0 aliphatic carbocycles. The molecule has 0 aromatic heterocycles. The van der Waals surface area contributed by atoms with Crippen LogP contribution in [0.25, 0.3) is 0 Å². The van der Waals surface area contributed by atoms with Crippen molar-refractivity contribution in [2.24, 2.45) is 5.92 Å². The summed E-state index contributed by atoms with van der Waals surface area (Å²) in [5.41, 5.74) is 1.37. The van der Waals surface area contributed by atoms with Crippen LogP contribution < -0.4 is 5.32 Å². The molecule has 2 aromatic rings. The van der Waals surface area contributed by atoms with Gasteiger partial charge in [-0.1, -0.05) is 44.2 Å². The minimum Gasteiger partial charge on any atom is -0.340 e. The van der Waals surface area contributed by atoms with Crippen molar-refractivity contribution in [3.63, 3.8) is 0 Å². The highest BCUT2D eigenvalue weighted by Crippen LogP contribution is 2.12. The minimum absolute atomic E-state index is 0.0725. The number of nitrogens with one attached hydrogen (secondary N) is 1. The summed E-state index contributed by atoms with van der Waals surface area (Å²) in [6, 6.07) is 14.4. The number of rotatable bonds is 7. The van der Waals surface area contributed by atoms with E-state index in [1.165, 1.54) is 24.3 Å². The summed E-state index contributed by atoms with van der Waals surface area (Å²) in [6.45, 7) is 6.74. The quantitative estimate of drug-likeness (QED) is 0.824. The van der Waals surface area contributed by atoms with Crippen LogP contribution in [-0.2, 0) is 11.3 Å². The summed E-state index contributed by atoms with van der Waals surface area (Å²) in [5.74, 6) is -0.982. The van der Waals surface area contributed by atoms with Crippen LogP contribution in [0.2, 0.25) is 0 Å². The molecular formula is C21H25FN2O2. The molecule has 1 atom stereocenters. The maximum Gasteiger partial charge on any atom is 0.251 e. The Morgan fingerprint density at radius 3 is 2.19 bits per heavy atom. The minimum atomic E-state index is -0.642. The first kappa shape index (κ1) is 19.6. The Labute approximate surface area is 154 Å². The van der Waals surface area contributed by atoms with Crippen molar-refractivity contribution in [3.05, 3.63) is 71.5 Å². The molecule has 0 fully saturated rings. The first-order valence-electron chi connectivity index (χ1n) is 8.81. The molecule has 2 amide bonds. The van der Waals surface area contributed by atoms with Crippen LogP contribution in [0.5, 0.6) is 0 Å². The summed E-state index contributed by atoms with van der Waals surface area (Å²) in [6.07, 6.45) is 0. The number of benzene rings is 2. The predicted octanol–water partition coefficient (Wildman–Crippen LogP) is 3.63. The average Bonchev–Trinajstić information content (AvgIpc) is 2.64. The van der Waals surface area contributed by atoms with Gasteiger partial charge in [0.1, 0.15) is 11.9 Å². The zero-order valence-corrected chi connectivity index (χ0v) is 15.4. The van der Waals surface area contributed by atoms with E-state index in [0.717, 1.165) is 5.56 Å². The normalized spacial score (nSPS) is 11.9. The van der Waals surface area contributed by atoms with E-state index in [1.807, 2.05) is 51.1 Å². The highest BCUT2D eigenvalue weighted by atomic mass is 19.1. The van der Waals surface area contributed by atoms with Crippen LogP contribution in [0.1, 0.15) is 36.7 Å². The van der Waals surface area contributed by atoms with E-state index in [0.29, 0.717) is 18.7 Å². The second kappa shape index (κ2) is 9.13. The number of hydrogen-bond donors (Lipinski definition) is 1. The van der Waals surface area contributed by atoms with Gasteiger partial charge >= 0.3 is 0 Å². The molecule has 0 radical (unpaired) electrons. The van der Waals surface area contributed by atoms with Gasteiger partial charge in [0, 0.05) is 18.7 Å². The molecule has 5 heteroatoms. The summed E-state index contributed by atoms with van der Waals surface area (Å²) in [7, 11) is 0. The SMILES string of the molecule is CCN(Cc1ccccc1)C(=O)C(NC(=O)c1ccc(F)cc1)C(C)C. The van der Waals surface area contributed by atoms with Crippen molar-refractivity contribution in [2.45, 2.75) is 33.4 Å². The van der Waals surface area contributed by atoms with E-state index in [1.54, 1.807) is 4.90 Å². The van der Waals surface area contributed by atoms with Gasteiger partial charge in [-0.2, -0.15) is 0 Å². The van der Waals surface area contributed by atoms with Crippen molar-refractivity contribution in [1.29, 1.82) is 0 Å². The monoisotopic (exact) mass is 356 g/mol. The van der Waals surface area contributed by atoms with Gasteiger partial charge in [-0.15, -0.1) is 0 Å². The number of nitrogens with zero attached hydrogens (tertiary/aromatic N) is 1. The Balaban J connectivity index is 2.12. The van der Waals surface area contributed by atoms with Crippen molar-refractivity contribution >= 4 is 11.8 Å². The van der Waals surface area contributed by atoms with Gasteiger partial charge in [-0.25, -0.2) is 4.39 Å². The summed E-state index contributed by atoms with van der Waals surface area (Å²) in [4.78, 5) is 27.2. The number of amides is 2. The first-order valence-corrected chi connectivity index (χ1v) is 8.81. The topological polar surface area (TPSA) is 49.4 Å². The van der Waals surface area contributed by atoms with Crippen LogP contribution >= 0.6 is 0 Å². The van der Waals surface area contributed by atoms with E-state index >= 15 is 0 Å². The largest absolute Gasteiger partial charge is 0.340 e. The lowest BCUT2D eigenvalue weighted by Crippen LogP contribution is -2.51. The Kier molecular flexibility index (Phi) is 6.89. The van der Waals surface area contributed by atoms with Gasteiger partial charge in [0.2, 0.25) is 5.91 Å². The number of hydrogen-bond acceptors (Lipinski definition) is 2. The summed E-state index contributed by atoms with van der Waals surface area (Å²) >= 11 is 0. The molecule has 0 saturated carbocycles. The molecule has 0 spiro atoms. The van der Waals surface area contributed by atoms with Gasteiger partial charge in [-0.05, 0) is 42.7 Å². The molecule has 2 rings (SSSR count). The van der Waals surface area contributed by atoms with Crippen LogP contribution in [0, 0.1) is 11.7 Å². The zero-order chi connectivity index (χ0) is 19.1. The third-order valence-electron chi connectivity index (χ3n) is 4.24. The van der Waals surface area contributed by atoms with Crippen LogP contribution in [0.4, 0.5) is 4.39 Å². The van der Waals surface area contributed by atoms with E-state index in [2.05, 4.69) is 5.32 Å². The van der Waals surface area contributed by atoms with Gasteiger partial charge in [-0.3, -0.25) is 9.59 Å². The van der Waals surface area contributed by atoms with Crippen molar-refractivity contribution in [3.8, 4) is 0 Å². The Morgan fingerprint density at radius 1 is 1.04 bits per heavy atom. The second-order valence-corrected chi connectivity index (χ2v) is 6.54. The number of carbonyl (C=O) groups is 2. The fourth-order valence-electron chi connectivity index (χ4n) is 2.69. The summed E-state index contributed by atoms with van der Waals surface area (Å²) in [5, 5.41) is 2.80. The summed E-state index contributed by atoms with van der Waals surface area (Å²) < 4.78 is 13.0. The second-order valence-electron chi connectivity index (χ2n) is 6.54. The van der Waals surface area contributed by atoms with E-state index in [9.17, 15) is 14.0 Å². The van der Waals surface area contributed by atoms with Crippen molar-refractivity contribution in [2.75, 3.05) is 6.54 Å². The third kappa shape index (κ3) is 5.15. The van der Waals surface area contributed by atoms with Crippen LogP contribution in [0.3, 0.4) is 0 Å². The van der Waals surface area contributed by atoms with Gasteiger partial charge in [0.15, 0.2) is 0 Å². The molecule has 1 unspecified atom stereocenters. The Bertz CT molecular complexity index is 729. The van der Waals surface area contributed by atoms with Crippen LogP contribution in [0.15, 0.2) is 54.6 Å². The zero-order valence-electron chi connectivity index (χ0n) is 15.4. The molecule has 0 saturated heterocycles. The molecule has 2 aromatic carbocycles. The fraction of sp³-hybridized carbons (Fsp3) is 0.333. The standard InChI is InChI=1S/C21H25FN2O2/c1-4-24(14-16-8-6-5-7-9-16)21(26)19(15(2)3)23-20(25)17-10-12-18(22)13-11-17/h5-13,15,19H,4,14H2,1-3H3,(H,23,25). The molecule has 4 nitrogen and oxygen atoms in total. The maximum absolute atomic E-state index is 13.0.